The number of hydrogen-bond donors (Lipinski definition) is 2. The van der Waals surface area contributed by atoms with Crippen LogP contribution in [0.25, 0.3) is 0 Å². The highest BCUT2D eigenvalue weighted by molar-refractivity contribution is 6.10. The first-order valence-corrected chi connectivity index (χ1v) is 9.38. The van der Waals surface area contributed by atoms with Gasteiger partial charge in [-0.1, -0.05) is 32.9 Å². The van der Waals surface area contributed by atoms with Crippen LogP contribution in [-0.4, -0.2) is 24.3 Å². The summed E-state index contributed by atoms with van der Waals surface area (Å²) < 4.78 is 0. The van der Waals surface area contributed by atoms with E-state index < -0.39 is 5.41 Å². The van der Waals surface area contributed by atoms with Gasteiger partial charge >= 0.3 is 0 Å². The number of hydrogen-bond acceptors (Lipinski definition) is 3. The quantitative estimate of drug-likeness (QED) is 0.841. The molecule has 1 aliphatic heterocycles. The first kappa shape index (κ1) is 19.6. The molecule has 146 valence electrons. The Bertz CT molecular complexity index is 898. The normalized spacial score (nSPS) is 14.1. The van der Waals surface area contributed by atoms with Crippen molar-refractivity contribution >= 4 is 34.8 Å². The fourth-order valence-corrected chi connectivity index (χ4v) is 2.94. The molecule has 1 saturated heterocycles. The average molecular weight is 379 g/mol. The molecular formula is C22H25N3O3. The van der Waals surface area contributed by atoms with Crippen molar-refractivity contribution in [1.82, 2.24) is 0 Å². The van der Waals surface area contributed by atoms with Crippen molar-refractivity contribution < 1.29 is 14.4 Å². The standard InChI is InChI=1S/C22H25N3O3/c1-22(2,3)21(28)24-18-8-5-4-7-17(18)20(27)23-15-10-12-16(13-11-15)25-14-6-9-19(25)26/h4-5,7-8,10-13H,6,9,14H2,1-3H3,(H,23,27)(H,24,28). The van der Waals surface area contributed by atoms with Gasteiger partial charge in [-0.15, -0.1) is 0 Å². The summed E-state index contributed by atoms with van der Waals surface area (Å²) in [5.74, 6) is -0.345. The molecule has 3 amide bonds. The zero-order valence-electron chi connectivity index (χ0n) is 16.4. The number of carbonyl (C=O) groups is 3. The van der Waals surface area contributed by atoms with E-state index in [4.69, 9.17) is 0 Å². The second kappa shape index (κ2) is 7.84. The minimum absolute atomic E-state index is 0.125. The monoisotopic (exact) mass is 379 g/mol. The Labute approximate surface area is 164 Å². The number of carbonyl (C=O) groups excluding carboxylic acids is 3. The van der Waals surface area contributed by atoms with Crippen molar-refractivity contribution in [2.24, 2.45) is 5.41 Å². The summed E-state index contributed by atoms with van der Waals surface area (Å²) in [5.41, 5.74) is 1.75. The van der Waals surface area contributed by atoms with Crippen molar-refractivity contribution in [2.45, 2.75) is 33.6 Å². The molecule has 1 fully saturated rings. The van der Waals surface area contributed by atoms with Crippen LogP contribution in [-0.2, 0) is 9.59 Å². The van der Waals surface area contributed by atoms with Gasteiger partial charge in [-0.25, -0.2) is 0 Å². The van der Waals surface area contributed by atoms with Gasteiger partial charge < -0.3 is 15.5 Å². The lowest BCUT2D eigenvalue weighted by molar-refractivity contribution is -0.123. The van der Waals surface area contributed by atoms with Crippen LogP contribution in [0.1, 0.15) is 44.0 Å². The number of nitrogens with zero attached hydrogens (tertiary/aromatic N) is 1. The molecule has 28 heavy (non-hydrogen) atoms. The van der Waals surface area contributed by atoms with E-state index in [1.54, 1.807) is 41.3 Å². The van der Waals surface area contributed by atoms with Gasteiger partial charge in [-0.05, 0) is 42.8 Å². The van der Waals surface area contributed by atoms with Gasteiger partial charge in [0, 0.05) is 29.8 Å². The van der Waals surface area contributed by atoms with Gasteiger partial charge in [-0.3, -0.25) is 14.4 Å². The van der Waals surface area contributed by atoms with E-state index in [2.05, 4.69) is 10.6 Å². The maximum absolute atomic E-state index is 12.7. The lowest BCUT2D eigenvalue weighted by Gasteiger charge is -2.19. The van der Waals surface area contributed by atoms with Gasteiger partial charge in [0.05, 0.1) is 11.3 Å². The molecule has 1 heterocycles. The van der Waals surface area contributed by atoms with Crippen molar-refractivity contribution in [3.8, 4) is 0 Å². The lowest BCUT2D eigenvalue weighted by atomic mass is 9.95. The fraction of sp³-hybridized carbons (Fsp3) is 0.318. The molecule has 2 N–H and O–H groups in total. The Morgan fingerprint density at radius 3 is 2.25 bits per heavy atom. The molecule has 0 unspecified atom stereocenters. The number of para-hydroxylation sites is 1. The van der Waals surface area contributed by atoms with E-state index in [0.717, 1.165) is 18.7 Å². The minimum atomic E-state index is -0.563. The second-order valence-corrected chi connectivity index (χ2v) is 7.90. The molecule has 0 radical (unpaired) electrons. The topological polar surface area (TPSA) is 78.5 Å². The van der Waals surface area contributed by atoms with E-state index in [1.807, 2.05) is 32.9 Å². The Morgan fingerprint density at radius 1 is 0.964 bits per heavy atom. The smallest absolute Gasteiger partial charge is 0.257 e. The Morgan fingerprint density at radius 2 is 1.64 bits per heavy atom. The van der Waals surface area contributed by atoms with E-state index in [9.17, 15) is 14.4 Å². The zero-order chi connectivity index (χ0) is 20.3. The molecule has 3 rings (SSSR count). The highest BCUT2D eigenvalue weighted by Gasteiger charge is 2.23. The highest BCUT2D eigenvalue weighted by atomic mass is 16.2. The van der Waals surface area contributed by atoms with Crippen LogP contribution in [0.3, 0.4) is 0 Å². The van der Waals surface area contributed by atoms with E-state index >= 15 is 0 Å². The summed E-state index contributed by atoms with van der Waals surface area (Å²) in [5, 5.41) is 5.67. The molecule has 6 nitrogen and oxygen atoms in total. The molecule has 0 spiro atoms. The third-order valence-corrected chi connectivity index (χ3v) is 4.61. The van der Waals surface area contributed by atoms with Crippen molar-refractivity contribution in [3.63, 3.8) is 0 Å². The maximum Gasteiger partial charge on any atom is 0.257 e. The number of anilines is 3. The zero-order valence-corrected chi connectivity index (χ0v) is 16.4. The molecular weight excluding hydrogens is 354 g/mol. The van der Waals surface area contributed by atoms with Crippen LogP contribution in [0.2, 0.25) is 0 Å². The average Bonchev–Trinajstić information content (AvgIpc) is 3.08. The molecule has 0 atom stereocenters. The van der Waals surface area contributed by atoms with Crippen LogP contribution >= 0.6 is 0 Å². The van der Waals surface area contributed by atoms with Crippen molar-refractivity contribution in [1.29, 1.82) is 0 Å². The second-order valence-electron chi connectivity index (χ2n) is 7.90. The number of rotatable bonds is 4. The molecule has 6 heteroatoms. The lowest BCUT2D eigenvalue weighted by Crippen LogP contribution is -2.28. The predicted octanol–water partition coefficient (Wildman–Crippen LogP) is 4.05. The highest BCUT2D eigenvalue weighted by Crippen LogP contribution is 2.25. The third kappa shape index (κ3) is 4.39. The summed E-state index contributed by atoms with van der Waals surface area (Å²) in [6.07, 6.45) is 1.45. The van der Waals surface area contributed by atoms with E-state index in [1.165, 1.54) is 0 Å². The van der Waals surface area contributed by atoms with Crippen molar-refractivity contribution in [2.75, 3.05) is 22.1 Å². The Hall–Kier alpha value is -3.15. The first-order valence-electron chi connectivity index (χ1n) is 9.38. The summed E-state index contributed by atoms with van der Waals surface area (Å²) >= 11 is 0. The van der Waals surface area contributed by atoms with E-state index in [-0.39, 0.29) is 17.7 Å². The van der Waals surface area contributed by atoms with Crippen LogP contribution in [0.5, 0.6) is 0 Å². The third-order valence-electron chi connectivity index (χ3n) is 4.61. The van der Waals surface area contributed by atoms with Gasteiger partial charge in [0.1, 0.15) is 0 Å². The van der Waals surface area contributed by atoms with Gasteiger partial charge in [0.25, 0.3) is 5.91 Å². The molecule has 0 bridgehead atoms. The number of nitrogens with one attached hydrogen (secondary N) is 2. The number of amides is 3. The largest absolute Gasteiger partial charge is 0.325 e. The molecule has 0 aromatic heterocycles. The van der Waals surface area contributed by atoms with Gasteiger partial charge in [-0.2, -0.15) is 0 Å². The maximum atomic E-state index is 12.7. The van der Waals surface area contributed by atoms with E-state index in [0.29, 0.717) is 23.4 Å². The molecule has 0 saturated carbocycles. The summed E-state index contributed by atoms with van der Waals surface area (Å²) in [4.78, 5) is 38.6. The summed E-state index contributed by atoms with van der Waals surface area (Å²) in [7, 11) is 0. The predicted molar refractivity (Wildman–Crippen MR) is 111 cm³/mol. The summed E-state index contributed by atoms with van der Waals surface area (Å²) in [6, 6.07) is 14.1. The molecule has 1 aliphatic rings. The first-order chi connectivity index (χ1) is 13.3. The fourth-order valence-electron chi connectivity index (χ4n) is 2.94. The van der Waals surface area contributed by atoms with Crippen LogP contribution < -0.4 is 15.5 Å². The SMILES string of the molecule is CC(C)(C)C(=O)Nc1ccccc1C(=O)Nc1ccc(N2CCCC2=O)cc1. The Kier molecular flexibility index (Phi) is 5.49. The van der Waals surface area contributed by atoms with Crippen LogP contribution in [0.15, 0.2) is 48.5 Å². The van der Waals surface area contributed by atoms with Crippen LogP contribution in [0, 0.1) is 5.41 Å². The van der Waals surface area contributed by atoms with Gasteiger partial charge in [0.2, 0.25) is 11.8 Å². The Balaban J connectivity index is 1.73. The molecule has 0 aliphatic carbocycles. The van der Waals surface area contributed by atoms with Crippen molar-refractivity contribution in [3.05, 3.63) is 54.1 Å². The molecule has 2 aromatic carbocycles. The number of benzene rings is 2. The summed E-state index contributed by atoms with van der Waals surface area (Å²) in [6.45, 7) is 6.18. The minimum Gasteiger partial charge on any atom is -0.325 e. The van der Waals surface area contributed by atoms with Gasteiger partial charge in [0.15, 0.2) is 0 Å². The van der Waals surface area contributed by atoms with Crippen LogP contribution in [0.4, 0.5) is 17.1 Å². The molecule has 2 aromatic rings.